The van der Waals surface area contributed by atoms with Crippen LogP contribution in [0.15, 0.2) is 42.7 Å². The van der Waals surface area contributed by atoms with Crippen LogP contribution < -0.4 is 0 Å². The number of hydrogen-bond acceptors (Lipinski definition) is 4. The number of amides is 1. The third-order valence-electron chi connectivity index (χ3n) is 5.45. The molecular weight excluding hydrogens is 388 g/mol. The van der Waals surface area contributed by atoms with Crippen LogP contribution in [0.1, 0.15) is 17.0 Å². The zero-order valence-corrected chi connectivity index (χ0v) is 17.5. The van der Waals surface area contributed by atoms with Gasteiger partial charge < -0.3 is 4.90 Å². The molecule has 1 aromatic carbocycles. The molecule has 0 spiro atoms. The topological polar surface area (TPSA) is 59.2 Å². The summed E-state index contributed by atoms with van der Waals surface area (Å²) < 4.78 is 3.60. The van der Waals surface area contributed by atoms with Crippen molar-refractivity contribution in [2.75, 3.05) is 26.2 Å². The molecule has 0 radical (unpaired) electrons. The minimum absolute atomic E-state index is 0.0775. The maximum atomic E-state index is 12.5. The van der Waals surface area contributed by atoms with Crippen molar-refractivity contribution in [3.63, 3.8) is 0 Å². The van der Waals surface area contributed by atoms with E-state index in [0.717, 1.165) is 44.1 Å². The Hall–Kier alpha value is -2.64. The van der Waals surface area contributed by atoms with Crippen molar-refractivity contribution in [1.29, 1.82) is 0 Å². The van der Waals surface area contributed by atoms with E-state index in [0.29, 0.717) is 5.02 Å². The van der Waals surface area contributed by atoms with Crippen LogP contribution in [0, 0.1) is 13.8 Å². The summed E-state index contributed by atoms with van der Waals surface area (Å²) in [5, 5.41) is 9.37. The number of nitrogens with zero attached hydrogens (tertiary/aromatic N) is 6. The predicted molar refractivity (Wildman–Crippen MR) is 112 cm³/mol. The number of hydrogen-bond donors (Lipinski definition) is 0. The minimum Gasteiger partial charge on any atom is -0.339 e. The van der Waals surface area contributed by atoms with Gasteiger partial charge in [0.05, 0.1) is 22.6 Å². The first-order valence-electron chi connectivity index (χ1n) is 9.80. The Balaban J connectivity index is 1.36. The van der Waals surface area contributed by atoms with Crippen molar-refractivity contribution in [2.45, 2.75) is 26.9 Å². The Morgan fingerprint density at radius 2 is 1.83 bits per heavy atom. The SMILES string of the molecule is Cc1nn(-c2ccccc2)c(C)c1CN1CCN(C(=O)Cn2cc(Cl)cn2)CC1. The molecule has 3 heterocycles. The first-order chi connectivity index (χ1) is 14.0. The Kier molecular flexibility index (Phi) is 5.69. The summed E-state index contributed by atoms with van der Waals surface area (Å²) in [6.45, 7) is 8.41. The van der Waals surface area contributed by atoms with E-state index in [9.17, 15) is 4.79 Å². The first kappa shape index (κ1) is 19.7. The average Bonchev–Trinajstić information content (AvgIpc) is 3.26. The fourth-order valence-corrected chi connectivity index (χ4v) is 3.92. The number of rotatable bonds is 5. The second-order valence-corrected chi connectivity index (χ2v) is 7.85. The number of carbonyl (C=O) groups is 1. The summed E-state index contributed by atoms with van der Waals surface area (Å²) >= 11 is 5.87. The number of benzene rings is 1. The van der Waals surface area contributed by atoms with Crippen molar-refractivity contribution in [1.82, 2.24) is 29.4 Å². The minimum atomic E-state index is 0.0775. The number of halogens is 1. The molecule has 0 N–H and O–H groups in total. The molecular formula is C21H25ClN6O. The Morgan fingerprint density at radius 1 is 1.10 bits per heavy atom. The van der Waals surface area contributed by atoms with Crippen molar-refractivity contribution in [2.24, 2.45) is 0 Å². The van der Waals surface area contributed by atoms with Gasteiger partial charge >= 0.3 is 0 Å². The van der Waals surface area contributed by atoms with Gasteiger partial charge in [-0.05, 0) is 26.0 Å². The highest BCUT2D eigenvalue weighted by Gasteiger charge is 2.23. The monoisotopic (exact) mass is 412 g/mol. The molecule has 1 aliphatic rings. The van der Waals surface area contributed by atoms with E-state index in [2.05, 4.69) is 36.0 Å². The second-order valence-electron chi connectivity index (χ2n) is 7.41. The molecule has 1 aliphatic heterocycles. The lowest BCUT2D eigenvalue weighted by Gasteiger charge is -2.34. The number of carbonyl (C=O) groups excluding carboxylic acids is 1. The molecule has 0 bridgehead atoms. The number of aromatic nitrogens is 4. The van der Waals surface area contributed by atoms with Gasteiger partial charge in [-0.2, -0.15) is 10.2 Å². The molecule has 0 aliphatic carbocycles. The predicted octanol–water partition coefficient (Wildman–Crippen LogP) is 2.68. The van der Waals surface area contributed by atoms with E-state index in [-0.39, 0.29) is 12.5 Å². The van der Waals surface area contributed by atoms with Gasteiger partial charge in [-0.15, -0.1) is 0 Å². The van der Waals surface area contributed by atoms with Crippen molar-refractivity contribution in [3.8, 4) is 5.69 Å². The smallest absolute Gasteiger partial charge is 0.244 e. The number of para-hydroxylation sites is 1. The fraction of sp³-hybridized carbons (Fsp3) is 0.381. The largest absolute Gasteiger partial charge is 0.339 e. The summed E-state index contributed by atoms with van der Waals surface area (Å²) in [4.78, 5) is 16.8. The van der Waals surface area contributed by atoms with Gasteiger partial charge in [-0.25, -0.2) is 4.68 Å². The standard InChI is InChI=1S/C21H25ClN6O/c1-16-20(17(2)28(24-16)19-6-4-3-5-7-19)14-25-8-10-26(11-9-25)21(29)15-27-13-18(22)12-23-27/h3-7,12-13H,8-11,14-15H2,1-2H3. The van der Waals surface area contributed by atoms with E-state index in [1.807, 2.05) is 27.8 Å². The zero-order valence-electron chi connectivity index (χ0n) is 16.8. The molecule has 0 saturated carbocycles. The highest BCUT2D eigenvalue weighted by molar-refractivity contribution is 6.30. The molecule has 0 unspecified atom stereocenters. The lowest BCUT2D eigenvalue weighted by atomic mass is 10.1. The van der Waals surface area contributed by atoms with Crippen LogP contribution >= 0.6 is 11.6 Å². The molecule has 8 heteroatoms. The molecule has 4 rings (SSSR count). The highest BCUT2D eigenvalue weighted by Crippen LogP contribution is 2.20. The first-order valence-corrected chi connectivity index (χ1v) is 10.2. The van der Waals surface area contributed by atoms with Gasteiger partial charge in [0.1, 0.15) is 6.54 Å². The van der Waals surface area contributed by atoms with Crippen LogP contribution in [0.4, 0.5) is 0 Å². The van der Waals surface area contributed by atoms with Gasteiger partial charge in [0, 0.05) is 50.2 Å². The molecule has 2 aromatic heterocycles. The Morgan fingerprint density at radius 3 is 2.48 bits per heavy atom. The van der Waals surface area contributed by atoms with E-state index in [1.54, 1.807) is 17.1 Å². The summed E-state index contributed by atoms with van der Waals surface area (Å²) in [5.41, 5.74) is 4.57. The number of piperazine rings is 1. The van der Waals surface area contributed by atoms with Crippen LogP contribution in [-0.4, -0.2) is 61.4 Å². The molecule has 3 aromatic rings. The average molecular weight is 413 g/mol. The van der Waals surface area contributed by atoms with Crippen LogP contribution in [0.25, 0.3) is 5.69 Å². The molecule has 7 nitrogen and oxygen atoms in total. The highest BCUT2D eigenvalue weighted by atomic mass is 35.5. The molecule has 29 heavy (non-hydrogen) atoms. The van der Waals surface area contributed by atoms with Crippen LogP contribution in [0.3, 0.4) is 0 Å². The second kappa shape index (κ2) is 8.39. The maximum Gasteiger partial charge on any atom is 0.244 e. The summed E-state index contributed by atoms with van der Waals surface area (Å²) in [5.74, 6) is 0.0775. The van der Waals surface area contributed by atoms with Gasteiger partial charge in [0.25, 0.3) is 0 Å². The molecule has 1 fully saturated rings. The van der Waals surface area contributed by atoms with Crippen LogP contribution in [0.5, 0.6) is 0 Å². The lowest BCUT2D eigenvalue weighted by Crippen LogP contribution is -2.49. The summed E-state index contributed by atoms with van der Waals surface area (Å²) in [6.07, 6.45) is 3.22. The van der Waals surface area contributed by atoms with Crippen LogP contribution in [0.2, 0.25) is 5.02 Å². The molecule has 1 saturated heterocycles. The Labute approximate surface area is 175 Å². The third kappa shape index (κ3) is 4.36. The lowest BCUT2D eigenvalue weighted by molar-refractivity contribution is -0.133. The number of aryl methyl sites for hydroxylation is 1. The summed E-state index contributed by atoms with van der Waals surface area (Å²) in [7, 11) is 0. The van der Waals surface area contributed by atoms with Gasteiger partial charge in [0.15, 0.2) is 0 Å². The van der Waals surface area contributed by atoms with Crippen LogP contribution in [-0.2, 0) is 17.9 Å². The molecule has 1 amide bonds. The van der Waals surface area contributed by atoms with E-state index < -0.39 is 0 Å². The normalized spacial score (nSPS) is 15.1. The zero-order chi connectivity index (χ0) is 20.4. The molecule has 152 valence electrons. The van der Waals surface area contributed by atoms with Crippen molar-refractivity contribution >= 4 is 17.5 Å². The maximum absolute atomic E-state index is 12.5. The van der Waals surface area contributed by atoms with Gasteiger partial charge in [-0.1, -0.05) is 29.8 Å². The van der Waals surface area contributed by atoms with Gasteiger partial charge in [-0.3, -0.25) is 14.4 Å². The van der Waals surface area contributed by atoms with Gasteiger partial charge in [0.2, 0.25) is 5.91 Å². The fourth-order valence-electron chi connectivity index (χ4n) is 3.77. The van der Waals surface area contributed by atoms with E-state index >= 15 is 0 Å². The van der Waals surface area contributed by atoms with Crippen molar-refractivity contribution in [3.05, 3.63) is 64.7 Å². The van der Waals surface area contributed by atoms with E-state index in [4.69, 9.17) is 16.7 Å². The quantitative estimate of drug-likeness (QED) is 0.646. The third-order valence-corrected chi connectivity index (χ3v) is 5.64. The summed E-state index contributed by atoms with van der Waals surface area (Å²) in [6, 6.07) is 10.2. The molecule has 0 atom stereocenters. The van der Waals surface area contributed by atoms with Crippen molar-refractivity contribution < 1.29 is 4.79 Å². The van der Waals surface area contributed by atoms with E-state index in [1.165, 1.54) is 11.3 Å². The Bertz CT molecular complexity index is 988.